The van der Waals surface area contributed by atoms with Gasteiger partial charge in [-0.1, -0.05) is 0 Å². The van der Waals surface area contributed by atoms with E-state index in [1.165, 1.54) is 0 Å². The van der Waals surface area contributed by atoms with Crippen LogP contribution >= 0.6 is 0 Å². The molecule has 7 nitrogen and oxygen atoms in total. The number of carbonyl (C=O) groups is 1. The number of halogens is 3. The van der Waals surface area contributed by atoms with Crippen LogP contribution in [0.5, 0.6) is 0 Å². The van der Waals surface area contributed by atoms with E-state index in [2.05, 4.69) is 20.6 Å². The third kappa shape index (κ3) is 5.62. The van der Waals surface area contributed by atoms with Crippen molar-refractivity contribution in [1.29, 1.82) is 0 Å². The molecule has 1 amide bonds. The SMILES string of the molecule is CC(C)(C)OC(=O)NCCNc1ncnc(C(F)(F)F)c1N. The first kappa shape index (κ1) is 17.8. The van der Waals surface area contributed by atoms with Crippen molar-refractivity contribution in [3.63, 3.8) is 0 Å². The summed E-state index contributed by atoms with van der Waals surface area (Å²) in [7, 11) is 0. The van der Waals surface area contributed by atoms with Gasteiger partial charge in [-0.3, -0.25) is 0 Å². The van der Waals surface area contributed by atoms with E-state index in [1.54, 1.807) is 20.8 Å². The van der Waals surface area contributed by atoms with E-state index < -0.39 is 29.3 Å². The van der Waals surface area contributed by atoms with Crippen molar-refractivity contribution in [1.82, 2.24) is 15.3 Å². The molecule has 1 heterocycles. The number of alkyl halides is 3. The van der Waals surface area contributed by atoms with Gasteiger partial charge in [0, 0.05) is 13.1 Å². The van der Waals surface area contributed by atoms with Gasteiger partial charge in [-0.25, -0.2) is 14.8 Å². The Morgan fingerprint density at radius 1 is 1.27 bits per heavy atom. The second kappa shape index (κ2) is 6.67. The number of hydrogen-bond donors (Lipinski definition) is 3. The van der Waals surface area contributed by atoms with Crippen LogP contribution in [-0.2, 0) is 10.9 Å². The summed E-state index contributed by atoms with van der Waals surface area (Å²) in [5.41, 5.74) is 2.95. The number of amides is 1. The number of hydrogen-bond acceptors (Lipinski definition) is 6. The lowest BCUT2D eigenvalue weighted by atomic mass is 10.2. The van der Waals surface area contributed by atoms with E-state index in [4.69, 9.17) is 10.5 Å². The molecule has 124 valence electrons. The topological polar surface area (TPSA) is 102 Å². The number of ether oxygens (including phenoxy) is 1. The van der Waals surface area contributed by atoms with Crippen molar-refractivity contribution in [2.24, 2.45) is 0 Å². The lowest BCUT2D eigenvalue weighted by Crippen LogP contribution is -2.35. The van der Waals surface area contributed by atoms with Crippen LogP contribution in [0, 0.1) is 0 Å². The minimum absolute atomic E-state index is 0.123. The highest BCUT2D eigenvalue weighted by Gasteiger charge is 2.36. The Hall–Kier alpha value is -2.26. The zero-order valence-corrected chi connectivity index (χ0v) is 12.4. The zero-order valence-electron chi connectivity index (χ0n) is 12.4. The average molecular weight is 321 g/mol. The first-order chi connectivity index (χ1) is 10.0. The molecule has 0 aromatic carbocycles. The number of nitrogens with zero attached hydrogens (tertiary/aromatic N) is 2. The summed E-state index contributed by atoms with van der Waals surface area (Å²) < 4.78 is 42.8. The standard InChI is InChI=1S/C12H18F3N5O2/c1-11(2,3)22-10(21)18-5-4-17-9-7(16)8(12(13,14)15)19-6-20-9/h6H,4-5,16H2,1-3H3,(H,18,21)(H,17,19,20). The predicted molar refractivity (Wildman–Crippen MR) is 74.2 cm³/mol. The normalized spacial score (nSPS) is 11.9. The highest BCUT2D eigenvalue weighted by molar-refractivity contribution is 5.68. The highest BCUT2D eigenvalue weighted by atomic mass is 19.4. The van der Waals surface area contributed by atoms with E-state index in [0.29, 0.717) is 0 Å². The highest BCUT2D eigenvalue weighted by Crippen LogP contribution is 2.33. The second-order valence-electron chi connectivity index (χ2n) is 5.34. The summed E-state index contributed by atoms with van der Waals surface area (Å²) in [5, 5.41) is 5.04. The maximum absolute atomic E-state index is 12.6. The minimum Gasteiger partial charge on any atom is -0.444 e. The molecule has 0 bridgehead atoms. The Kier molecular flexibility index (Phi) is 5.39. The molecule has 1 aromatic rings. The second-order valence-corrected chi connectivity index (χ2v) is 5.34. The van der Waals surface area contributed by atoms with Crippen molar-refractivity contribution in [3.05, 3.63) is 12.0 Å². The Morgan fingerprint density at radius 2 is 1.91 bits per heavy atom. The maximum atomic E-state index is 12.6. The number of nitrogen functional groups attached to an aromatic ring is 1. The van der Waals surface area contributed by atoms with Gasteiger partial charge in [-0.15, -0.1) is 0 Å². The molecule has 0 radical (unpaired) electrons. The van der Waals surface area contributed by atoms with Gasteiger partial charge in [0.05, 0.1) is 0 Å². The van der Waals surface area contributed by atoms with Gasteiger partial charge in [0.25, 0.3) is 0 Å². The molecule has 0 spiro atoms. The Morgan fingerprint density at radius 3 is 2.45 bits per heavy atom. The van der Waals surface area contributed by atoms with E-state index in [0.717, 1.165) is 6.33 Å². The fourth-order valence-corrected chi connectivity index (χ4v) is 1.42. The van der Waals surface area contributed by atoms with Crippen LogP contribution in [0.2, 0.25) is 0 Å². The Balaban J connectivity index is 2.51. The molecule has 0 aliphatic heterocycles. The van der Waals surface area contributed by atoms with Gasteiger partial charge in [-0.2, -0.15) is 13.2 Å². The van der Waals surface area contributed by atoms with E-state index in [1.807, 2.05) is 0 Å². The largest absolute Gasteiger partial charge is 0.444 e. The fraction of sp³-hybridized carbons (Fsp3) is 0.583. The molecule has 0 aliphatic carbocycles. The molecular weight excluding hydrogens is 303 g/mol. The van der Waals surface area contributed by atoms with Crippen LogP contribution in [0.3, 0.4) is 0 Å². The van der Waals surface area contributed by atoms with Gasteiger partial charge in [-0.05, 0) is 20.8 Å². The molecule has 1 aromatic heterocycles. The predicted octanol–water partition coefficient (Wildman–Crippen LogP) is 2.01. The van der Waals surface area contributed by atoms with E-state index >= 15 is 0 Å². The summed E-state index contributed by atoms with van der Waals surface area (Å²) in [5.74, 6) is -0.145. The quantitative estimate of drug-likeness (QED) is 0.733. The van der Waals surface area contributed by atoms with Crippen molar-refractivity contribution >= 4 is 17.6 Å². The van der Waals surface area contributed by atoms with E-state index in [9.17, 15) is 18.0 Å². The number of alkyl carbamates (subject to hydrolysis) is 1. The van der Waals surface area contributed by atoms with Crippen molar-refractivity contribution < 1.29 is 22.7 Å². The summed E-state index contributed by atoms with van der Waals surface area (Å²) in [6, 6.07) is 0. The molecule has 1 rings (SSSR count). The summed E-state index contributed by atoms with van der Waals surface area (Å²) in [4.78, 5) is 18.1. The van der Waals surface area contributed by atoms with Gasteiger partial charge in [0.2, 0.25) is 0 Å². The molecule has 22 heavy (non-hydrogen) atoms. The number of carbonyl (C=O) groups excluding carboxylic acids is 1. The Labute approximate surface area is 125 Å². The smallest absolute Gasteiger partial charge is 0.435 e. The van der Waals surface area contributed by atoms with Crippen LogP contribution in [0.4, 0.5) is 29.5 Å². The molecule has 10 heteroatoms. The van der Waals surface area contributed by atoms with Crippen molar-refractivity contribution in [3.8, 4) is 0 Å². The number of rotatable bonds is 4. The summed E-state index contributed by atoms with van der Waals surface area (Å²) >= 11 is 0. The van der Waals surface area contributed by atoms with E-state index in [-0.39, 0.29) is 18.9 Å². The van der Waals surface area contributed by atoms with Crippen molar-refractivity contribution in [2.45, 2.75) is 32.5 Å². The summed E-state index contributed by atoms with van der Waals surface area (Å²) in [6.07, 6.45) is -4.51. The Bertz CT molecular complexity index is 528. The number of nitrogens with one attached hydrogen (secondary N) is 2. The third-order valence-electron chi connectivity index (χ3n) is 2.24. The lowest BCUT2D eigenvalue weighted by molar-refractivity contribution is -0.140. The molecule has 0 unspecified atom stereocenters. The van der Waals surface area contributed by atoms with Gasteiger partial charge < -0.3 is 21.1 Å². The van der Waals surface area contributed by atoms with Crippen LogP contribution in [0.25, 0.3) is 0 Å². The lowest BCUT2D eigenvalue weighted by Gasteiger charge is -2.19. The van der Waals surface area contributed by atoms with Crippen LogP contribution in [0.15, 0.2) is 6.33 Å². The van der Waals surface area contributed by atoms with Crippen LogP contribution in [-0.4, -0.2) is 34.8 Å². The molecular formula is C12H18F3N5O2. The summed E-state index contributed by atoms with van der Waals surface area (Å²) in [6.45, 7) is 5.39. The average Bonchev–Trinajstić information content (AvgIpc) is 2.32. The van der Waals surface area contributed by atoms with Crippen molar-refractivity contribution in [2.75, 3.05) is 24.1 Å². The van der Waals surface area contributed by atoms with Crippen LogP contribution in [0.1, 0.15) is 26.5 Å². The van der Waals surface area contributed by atoms with Gasteiger partial charge in [0.1, 0.15) is 17.6 Å². The molecule has 4 N–H and O–H groups in total. The molecule has 0 aliphatic rings. The first-order valence-electron chi connectivity index (χ1n) is 6.39. The zero-order chi connectivity index (χ0) is 17.0. The molecule has 0 saturated carbocycles. The molecule has 0 saturated heterocycles. The molecule has 0 atom stereocenters. The number of anilines is 2. The number of aromatic nitrogens is 2. The van der Waals surface area contributed by atoms with Gasteiger partial charge in [0.15, 0.2) is 11.5 Å². The van der Waals surface area contributed by atoms with Crippen LogP contribution < -0.4 is 16.4 Å². The fourth-order valence-electron chi connectivity index (χ4n) is 1.42. The third-order valence-corrected chi connectivity index (χ3v) is 2.24. The number of nitrogens with two attached hydrogens (primary N) is 1. The minimum atomic E-state index is -4.65. The first-order valence-corrected chi connectivity index (χ1v) is 6.39. The van der Waals surface area contributed by atoms with Gasteiger partial charge >= 0.3 is 12.3 Å². The maximum Gasteiger partial charge on any atom is 0.435 e. The molecule has 0 fully saturated rings. The monoisotopic (exact) mass is 321 g/mol.